The zero-order valence-corrected chi connectivity index (χ0v) is 11.5. The molecule has 2 N–H and O–H groups in total. The van der Waals surface area contributed by atoms with Crippen LogP contribution in [0.5, 0.6) is 0 Å². The highest BCUT2D eigenvalue weighted by Gasteiger charge is 2.13. The van der Waals surface area contributed by atoms with Gasteiger partial charge in [-0.3, -0.25) is 14.6 Å². The van der Waals surface area contributed by atoms with E-state index >= 15 is 0 Å². The maximum atomic E-state index is 13.2. The van der Waals surface area contributed by atoms with Gasteiger partial charge in [0.15, 0.2) is 0 Å². The van der Waals surface area contributed by atoms with Gasteiger partial charge < -0.3 is 5.73 Å². The first-order valence-corrected chi connectivity index (χ1v) is 6.49. The van der Waals surface area contributed by atoms with Crippen LogP contribution in [0.4, 0.5) is 10.1 Å². The molecular formula is C15H14FN5. The fourth-order valence-corrected chi connectivity index (χ4v) is 2.16. The van der Waals surface area contributed by atoms with E-state index in [0.29, 0.717) is 23.6 Å². The van der Waals surface area contributed by atoms with Crippen molar-refractivity contribution < 1.29 is 4.39 Å². The molecule has 0 spiro atoms. The van der Waals surface area contributed by atoms with Crippen LogP contribution in [-0.2, 0) is 6.54 Å². The summed E-state index contributed by atoms with van der Waals surface area (Å²) in [5.41, 5.74) is 9.36. The smallest absolute Gasteiger partial charge is 0.135 e. The largest absolute Gasteiger partial charge is 0.396 e. The molecule has 0 unspecified atom stereocenters. The number of nitrogens with zero attached hydrogens (tertiary/aromatic N) is 4. The van der Waals surface area contributed by atoms with Crippen LogP contribution in [0.15, 0.2) is 42.9 Å². The first-order valence-electron chi connectivity index (χ1n) is 6.49. The van der Waals surface area contributed by atoms with Crippen molar-refractivity contribution in [3.05, 3.63) is 59.9 Å². The molecule has 3 rings (SSSR count). The van der Waals surface area contributed by atoms with E-state index in [9.17, 15) is 4.39 Å². The third kappa shape index (κ3) is 2.74. The Hall–Kier alpha value is -2.76. The number of hydrogen-bond donors (Lipinski definition) is 1. The number of anilines is 1. The number of nitrogens with two attached hydrogens (primary N) is 1. The summed E-state index contributed by atoms with van der Waals surface area (Å²) in [5.74, 6) is -0.266. The Balaban J connectivity index is 1.93. The third-order valence-corrected chi connectivity index (χ3v) is 3.13. The van der Waals surface area contributed by atoms with Gasteiger partial charge in [-0.15, -0.1) is 0 Å². The molecule has 2 aromatic heterocycles. The van der Waals surface area contributed by atoms with Gasteiger partial charge in [0.05, 0.1) is 17.9 Å². The van der Waals surface area contributed by atoms with E-state index in [1.165, 1.54) is 12.1 Å². The van der Waals surface area contributed by atoms with Crippen LogP contribution in [0.25, 0.3) is 11.4 Å². The van der Waals surface area contributed by atoms with Gasteiger partial charge in [-0.1, -0.05) is 12.1 Å². The fraction of sp³-hybridized carbons (Fsp3) is 0.133. The van der Waals surface area contributed by atoms with Crippen molar-refractivity contribution >= 4 is 5.69 Å². The molecule has 0 amide bonds. The number of halogens is 1. The molecule has 0 saturated carbocycles. The lowest BCUT2D eigenvalue weighted by atomic mass is 10.2. The average molecular weight is 283 g/mol. The Morgan fingerprint density at radius 3 is 2.76 bits per heavy atom. The first kappa shape index (κ1) is 13.2. The number of aryl methyl sites for hydroxylation is 1. The van der Waals surface area contributed by atoms with Gasteiger partial charge in [0.1, 0.15) is 17.2 Å². The molecule has 0 aliphatic rings. The van der Waals surface area contributed by atoms with Gasteiger partial charge >= 0.3 is 0 Å². The summed E-state index contributed by atoms with van der Waals surface area (Å²) >= 11 is 0. The quantitative estimate of drug-likeness (QED) is 0.801. The summed E-state index contributed by atoms with van der Waals surface area (Å²) in [4.78, 5) is 8.45. The van der Waals surface area contributed by atoms with E-state index in [-0.39, 0.29) is 5.82 Å². The summed E-state index contributed by atoms with van der Waals surface area (Å²) in [7, 11) is 0. The van der Waals surface area contributed by atoms with E-state index < -0.39 is 0 Å². The van der Waals surface area contributed by atoms with E-state index in [1.54, 1.807) is 29.3 Å². The molecule has 0 radical (unpaired) electrons. The summed E-state index contributed by atoms with van der Waals surface area (Å²) in [6.07, 6.45) is 4.94. The highest BCUT2D eigenvalue weighted by molar-refractivity contribution is 5.70. The number of nitrogen functional groups attached to an aromatic ring is 1. The zero-order valence-electron chi connectivity index (χ0n) is 11.5. The average Bonchev–Trinajstić information content (AvgIpc) is 2.80. The first-order chi connectivity index (χ1) is 10.1. The van der Waals surface area contributed by atoms with Crippen LogP contribution >= 0.6 is 0 Å². The Labute approximate surface area is 121 Å². The second kappa shape index (κ2) is 5.32. The Morgan fingerprint density at radius 2 is 2.00 bits per heavy atom. The predicted octanol–water partition coefficient (Wildman–Crippen LogP) is 2.42. The highest BCUT2D eigenvalue weighted by atomic mass is 19.1. The molecule has 0 aliphatic heterocycles. The van der Waals surface area contributed by atoms with Crippen LogP contribution < -0.4 is 5.73 Å². The molecule has 5 nitrogen and oxygen atoms in total. The van der Waals surface area contributed by atoms with E-state index in [0.717, 1.165) is 11.3 Å². The van der Waals surface area contributed by atoms with Crippen LogP contribution in [0.2, 0.25) is 0 Å². The number of aromatic nitrogens is 4. The lowest BCUT2D eigenvalue weighted by Crippen LogP contribution is -2.01. The lowest BCUT2D eigenvalue weighted by molar-refractivity contribution is 0.619. The molecule has 0 bridgehead atoms. The SMILES string of the molecule is Cc1nccnc1-c1nn(Cc2cccc(F)c2)cc1N. The standard InChI is InChI=1S/C15H14FN5/c1-10-14(19-6-5-18-10)15-13(17)9-21(20-15)8-11-3-2-4-12(16)7-11/h2-7,9H,8,17H2,1H3. The molecule has 0 saturated heterocycles. The Bertz CT molecular complexity index is 781. The van der Waals surface area contributed by atoms with Crippen LogP contribution in [-0.4, -0.2) is 19.7 Å². The lowest BCUT2D eigenvalue weighted by Gasteiger charge is -2.02. The van der Waals surface area contributed by atoms with Crippen LogP contribution in [0.1, 0.15) is 11.3 Å². The minimum Gasteiger partial charge on any atom is -0.396 e. The van der Waals surface area contributed by atoms with E-state index in [4.69, 9.17) is 5.73 Å². The van der Waals surface area contributed by atoms with Gasteiger partial charge in [0.2, 0.25) is 0 Å². The number of hydrogen-bond acceptors (Lipinski definition) is 4. The molecule has 6 heteroatoms. The number of rotatable bonds is 3. The van der Waals surface area contributed by atoms with E-state index in [2.05, 4.69) is 15.1 Å². The van der Waals surface area contributed by atoms with Crippen molar-refractivity contribution in [3.63, 3.8) is 0 Å². The van der Waals surface area contributed by atoms with Crippen LogP contribution in [0, 0.1) is 12.7 Å². The van der Waals surface area contributed by atoms with Crippen molar-refractivity contribution in [2.45, 2.75) is 13.5 Å². The second-order valence-electron chi connectivity index (χ2n) is 4.75. The van der Waals surface area contributed by atoms with E-state index in [1.807, 2.05) is 13.0 Å². The fourth-order valence-electron chi connectivity index (χ4n) is 2.16. The zero-order chi connectivity index (χ0) is 14.8. The molecule has 0 fully saturated rings. The normalized spacial score (nSPS) is 10.8. The molecule has 0 aliphatic carbocycles. The third-order valence-electron chi connectivity index (χ3n) is 3.13. The van der Waals surface area contributed by atoms with Crippen molar-refractivity contribution in [2.75, 3.05) is 5.73 Å². The summed E-state index contributed by atoms with van der Waals surface area (Å²) in [6.45, 7) is 2.30. The van der Waals surface area contributed by atoms with Crippen LogP contribution in [0.3, 0.4) is 0 Å². The van der Waals surface area contributed by atoms with Crippen molar-refractivity contribution in [1.29, 1.82) is 0 Å². The maximum absolute atomic E-state index is 13.2. The summed E-state index contributed by atoms with van der Waals surface area (Å²) in [6, 6.07) is 6.40. The minimum atomic E-state index is -0.266. The maximum Gasteiger partial charge on any atom is 0.135 e. The van der Waals surface area contributed by atoms with Gasteiger partial charge in [-0.05, 0) is 24.6 Å². The molecule has 2 heterocycles. The highest BCUT2D eigenvalue weighted by Crippen LogP contribution is 2.24. The molecule has 1 aromatic carbocycles. The molecule has 3 aromatic rings. The monoisotopic (exact) mass is 283 g/mol. The Kier molecular flexibility index (Phi) is 3.35. The van der Waals surface area contributed by atoms with Gasteiger partial charge in [0.25, 0.3) is 0 Å². The topological polar surface area (TPSA) is 69.6 Å². The molecule has 21 heavy (non-hydrogen) atoms. The second-order valence-corrected chi connectivity index (χ2v) is 4.75. The van der Waals surface area contributed by atoms with Crippen molar-refractivity contribution in [1.82, 2.24) is 19.7 Å². The minimum absolute atomic E-state index is 0.266. The predicted molar refractivity (Wildman–Crippen MR) is 77.9 cm³/mol. The molecular weight excluding hydrogens is 269 g/mol. The summed E-state index contributed by atoms with van der Waals surface area (Å²) in [5, 5.41) is 4.43. The van der Waals surface area contributed by atoms with Crippen molar-refractivity contribution in [3.8, 4) is 11.4 Å². The molecule has 106 valence electrons. The van der Waals surface area contributed by atoms with Gasteiger partial charge in [0, 0.05) is 18.6 Å². The van der Waals surface area contributed by atoms with Crippen molar-refractivity contribution in [2.24, 2.45) is 0 Å². The summed E-state index contributed by atoms with van der Waals surface area (Å²) < 4.78 is 14.9. The number of benzene rings is 1. The molecule has 0 atom stereocenters. The van der Waals surface area contributed by atoms with Gasteiger partial charge in [-0.2, -0.15) is 5.10 Å². The Morgan fingerprint density at radius 1 is 1.19 bits per heavy atom. The van der Waals surface area contributed by atoms with Gasteiger partial charge in [-0.25, -0.2) is 4.39 Å².